The summed E-state index contributed by atoms with van der Waals surface area (Å²) in [5.74, 6) is -0.145. The second-order valence-electron chi connectivity index (χ2n) is 3.44. The summed E-state index contributed by atoms with van der Waals surface area (Å²) in [6.07, 6.45) is 1.53. The monoisotopic (exact) mass is 169 g/mol. The number of carbonyl (C=O) groups excluding carboxylic acids is 2. The highest BCUT2D eigenvalue weighted by Crippen LogP contribution is 2.29. The highest BCUT2D eigenvalue weighted by Gasteiger charge is 2.41. The SMILES string of the molecule is O=C1CCC(=O)N1C1CC(O)C1. The lowest BCUT2D eigenvalue weighted by Crippen LogP contribution is -2.49. The molecule has 0 aromatic carbocycles. The fourth-order valence-corrected chi connectivity index (χ4v) is 1.77. The molecular formula is C8H11NO3. The van der Waals surface area contributed by atoms with Gasteiger partial charge >= 0.3 is 0 Å². The molecule has 0 atom stereocenters. The van der Waals surface area contributed by atoms with Crippen LogP contribution in [0.3, 0.4) is 0 Å². The molecular weight excluding hydrogens is 158 g/mol. The van der Waals surface area contributed by atoms with E-state index in [4.69, 9.17) is 5.11 Å². The van der Waals surface area contributed by atoms with Crippen molar-refractivity contribution in [3.8, 4) is 0 Å². The normalized spacial score (nSPS) is 35.6. The van der Waals surface area contributed by atoms with E-state index in [1.807, 2.05) is 0 Å². The Morgan fingerprint density at radius 1 is 1.17 bits per heavy atom. The number of aliphatic hydroxyl groups excluding tert-OH is 1. The first-order valence-corrected chi connectivity index (χ1v) is 4.21. The molecule has 1 heterocycles. The fourth-order valence-electron chi connectivity index (χ4n) is 1.77. The van der Waals surface area contributed by atoms with E-state index in [1.165, 1.54) is 4.90 Å². The van der Waals surface area contributed by atoms with E-state index in [-0.39, 0.29) is 24.0 Å². The number of likely N-dealkylation sites (tertiary alicyclic amines) is 1. The highest BCUT2D eigenvalue weighted by molar-refractivity contribution is 6.02. The van der Waals surface area contributed by atoms with Crippen molar-refractivity contribution in [3.63, 3.8) is 0 Å². The molecule has 4 heteroatoms. The van der Waals surface area contributed by atoms with Gasteiger partial charge in [-0.25, -0.2) is 0 Å². The standard InChI is InChI=1S/C8H11NO3/c10-6-3-5(4-6)9-7(11)1-2-8(9)12/h5-6,10H,1-4H2. The van der Waals surface area contributed by atoms with Crippen molar-refractivity contribution in [3.05, 3.63) is 0 Å². The molecule has 66 valence electrons. The van der Waals surface area contributed by atoms with Gasteiger partial charge in [-0.3, -0.25) is 14.5 Å². The molecule has 0 aromatic rings. The van der Waals surface area contributed by atoms with E-state index < -0.39 is 0 Å². The zero-order valence-corrected chi connectivity index (χ0v) is 6.69. The largest absolute Gasteiger partial charge is 0.393 e. The molecule has 4 nitrogen and oxygen atoms in total. The number of carbonyl (C=O) groups is 2. The molecule has 0 bridgehead atoms. The summed E-state index contributed by atoms with van der Waals surface area (Å²) in [5, 5.41) is 9.00. The summed E-state index contributed by atoms with van der Waals surface area (Å²) in [6.45, 7) is 0. The minimum Gasteiger partial charge on any atom is -0.393 e. The molecule has 1 aliphatic carbocycles. The van der Waals surface area contributed by atoms with Crippen LogP contribution in [0, 0.1) is 0 Å². The van der Waals surface area contributed by atoms with Gasteiger partial charge < -0.3 is 5.11 Å². The van der Waals surface area contributed by atoms with Crippen LogP contribution in [-0.4, -0.2) is 34.0 Å². The number of amides is 2. The molecule has 1 saturated carbocycles. The Hall–Kier alpha value is -0.900. The van der Waals surface area contributed by atoms with Crippen LogP contribution >= 0.6 is 0 Å². The lowest BCUT2D eigenvalue weighted by atomic mass is 9.88. The predicted molar refractivity (Wildman–Crippen MR) is 40.1 cm³/mol. The van der Waals surface area contributed by atoms with E-state index >= 15 is 0 Å². The molecule has 2 fully saturated rings. The summed E-state index contributed by atoms with van der Waals surface area (Å²) in [4.78, 5) is 23.6. The van der Waals surface area contributed by atoms with Gasteiger partial charge in [0.25, 0.3) is 0 Å². The maximum atomic E-state index is 11.1. The molecule has 1 N–H and O–H groups in total. The van der Waals surface area contributed by atoms with Crippen molar-refractivity contribution in [2.45, 2.75) is 37.8 Å². The summed E-state index contributed by atoms with van der Waals surface area (Å²) >= 11 is 0. The molecule has 0 spiro atoms. The number of hydrogen-bond donors (Lipinski definition) is 1. The topological polar surface area (TPSA) is 57.6 Å². The molecule has 12 heavy (non-hydrogen) atoms. The second kappa shape index (κ2) is 2.55. The fraction of sp³-hybridized carbons (Fsp3) is 0.750. The molecule has 1 saturated heterocycles. The van der Waals surface area contributed by atoms with E-state index in [1.54, 1.807) is 0 Å². The third-order valence-electron chi connectivity index (χ3n) is 2.54. The molecule has 0 unspecified atom stereocenters. The van der Waals surface area contributed by atoms with Crippen molar-refractivity contribution >= 4 is 11.8 Å². The molecule has 2 aliphatic rings. The van der Waals surface area contributed by atoms with E-state index in [2.05, 4.69) is 0 Å². The Bertz CT molecular complexity index is 216. The second-order valence-corrected chi connectivity index (χ2v) is 3.44. The molecule has 2 amide bonds. The van der Waals surface area contributed by atoms with Crippen LogP contribution in [0.5, 0.6) is 0 Å². The van der Waals surface area contributed by atoms with Gasteiger partial charge in [0.15, 0.2) is 0 Å². The lowest BCUT2D eigenvalue weighted by molar-refractivity contribution is -0.145. The Labute approximate surface area is 70.2 Å². The van der Waals surface area contributed by atoms with E-state index in [0.717, 1.165) is 0 Å². The number of hydrogen-bond acceptors (Lipinski definition) is 3. The van der Waals surface area contributed by atoms with Gasteiger partial charge in [0.1, 0.15) is 0 Å². The average molecular weight is 169 g/mol. The molecule has 2 rings (SSSR count). The zero-order valence-electron chi connectivity index (χ0n) is 6.69. The first kappa shape index (κ1) is 7.73. The van der Waals surface area contributed by atoms with Crippen molar-refractivity contribution in [1.29, 1.82) is 0 Å². The first-order valence-electron chi connectivity index (χ1n) is 4.21. The maximum absolute atomic E-state index is 11.1. The molecule has 0 radical (unpaired) electrons. The van der Waals surface area contributed by atoms with E-state index in [0.29, 0.717) is 25.7 Å². The molecule has 0 aromatic heterocycles. The van der Waals surface area contributed by atoms with Crippen molar-refractivity contribution < 1.29 is 14.7 Å². The van der Waals surface area contributed by atoms with Gasteiger partial charge in [0, 0.05) is 18.9 Å². The van der Waals surface area contributed by atoms with Gasteiger partial charge in [-0.15, -0.1) is 0 Å². The van der Waals surface area contributed by atoms with Gasteiger partial charge in [-0.2, -0.15) is 0 Å². The van der Waals surface area contributed by atoms with Crippen LogP contribution < -0.4 is 0 Å². The van der Waals surface area contributed by atoms with Gasteiger partial charge in [-0.05, 0) is 12.8 Å². The number of nitrogens with zero attached hydrogens (tertiary/aromatic N) is 1. The van der Waals surface area contributed by atoms with Crippen molar-refractivity contribution in [1.82, 2.24) is 4.90 Å². The van der Waals surface area contributed by atoms with Crippen LogP contribution in [0.1, 0.15) is 25.7 Å². The summed E-state index contributed by atoms with van der Waals surface area (Å²) < 4.78 is 0. The Kier molecular flexibility index (Phi) is 1.65. The Balaban J connectivity index is 2.03. The predicted octanol–water partition coefficient (Wildman–Crippen LogP) is -0.341. The Morgan fingerprint density at radius 2 is 1.67 bits per heavy atom. The minimum absolute atomic E-state index is 0.0116. The summed E-state index contributed by atoms with van der Waals surface area (Å²) in [7, 11) is 0. The van der Waals surface area contributed by atoms with Crippen molar-refractivity contribution in [2.24, 2.45) is 0 Å². The van der Waals surface area contributed by atoms with Crippen LogP contribution in [0.2, 0.25) is 0 Å². The Morgan fingerprint density at radius 3 is 2.08 bits per heavy atom. The third-order valence-corrected chi connectivity index (χ3v) is 2.54. The zero-order chi connectivity index (χ0) is 8.72. The van der Waals surface area contributed by atoms with Gasteiger partial charge in [0.05, 0.1) is 6.10 Å². The van der Waals surface area contributed by atoms with Crippen LogP contribution in [-0.2, 0) is 9.59 Å². The average Bonchev–Trinajstić information content (AvgIpc) is 2.26. The smallest absolute Gasteiger partial charge is 0.229 e. The highest BCUT2D eigenvalue weighted by atomic mass is 16.3. The number of aliphatic hydroxyl groups is 1. The minimum atomic E-state index is -0.309. The number of imide groups is 1. The first-order chi connectivity index (χ1) is 5.68. The van der Waals surface area contributed by atoms with Gasteiger partial charge in [0.2, 0.25) is 11.8 Å². The maximum Gasteiger partial charge on any atom is 0.229 e. The van der Waals surface area contributed by atoms with E-state index in [9.17, 15) is 9.59 Å². The van der Waals surface area contributed by atoms with Crippen molar-refractivity contribution in [2.75, 3.05) is 0 Å². The third kappa shape index (κ3) is 1.03. The van der Waals surface area contributed by atoms with Crippen LogP contribution in [0.15, 0.2) is 0 Å². The summed E-state index contributed by atoms with van der Waals surface area (Å²) in [5.41, 5.74) is 0. The number of rotatable bonds is 1. The van der Waals surface area contributed by atoms with Gasteiger partial charge in [-0.1, -0.05) is 0 Å². The summed E-state index contributed by atoms with van der Waals surface area (Å²) in [6, 6.07) is -0.0116. The lowest BCUT2D eigenvalue weighted by Gasteiger charge is -2.37. The van der Waals surface area contributed by atoms with Crippen LogP contribution in [0.4, 0.5) is 0 Å². The quantitative estimate of drug-likeness (QED) is 0.546. The molecule has 1 aliphatic heterocycles. The van der Waals surface area contributed by atoms with Crippen LogP contribution in [0.25, 0.3) is 0 Å².